The average Bonchev–Trinajstić information content (AvgIpc) is 2.63. The molecule has 2 aromatic carbocycles. The van der Waals surface area contributed by atoms with Gasteiger partial charge < -0.3 is 15.5 Å². The zero-order valence-electron chi connectivity index (χ0n) is 17.0. The van der Waals surface area contributed by atoms with E-state index in [1.165, 1.54) is 17.3 Å². The minimum atomic E-state index is -0.0962. The van der Waals surface area contributed by atoms with Gasteiger partial charge >= 0.3 is 0 Å². The van der Waals surface area contributed by atoms with E-state index < -0.39 is 0 Å². The molecule has 28 heavy (non-hydrogen) atoms. The van der Waals surface area contributed by atoms with Crippen molar-refractivity contribution < 1.29 is 9.59 Å². The Morgan fingerprint density at radius 2 is 1.64 bits per heavy atom. The summed E-state index contributed by atoms with van der Waals surface area (Å²) < 4.78 is 0. The number of nitrogens with zero attached hydrogens (tertiary/aromatic N) is 1. The van der Waals surface area contributed by atoms with Crippen LogP contribution in [0.5, 0.6) is 0 Å². The molecule has 0 bridgehead atoms. The van der Waals surface area contributed by atoms with E-state index in [1.807, 2.05) is 64.3 Å². The molecule has 0 heterocycles. The van der Waals surface area contributed by atoms with Gasteiger partial charge in [-0.1, -0.05) is 42.0 Å². The molecule has 0 aliphatic carbocycles. The highest BCUT2D eigenvalue weighted by molar-refractivity contribution is 8.00. The molecule has 0 radical (unpaired) electrons. The van der Waals surface area contributed by atoms with Crippen molar-refractivity contribution in [2.75, 3.05) is 30.9 Å². The average molecular weight is 400 g/mol. The summed E-state index contributed by atoms with van der Waals surface area (Å²) in [5.74, 6) is 0.346. The highest BCUT2D eigenvalue weighted by Gasteiger charge is 2.09. The number of carbonyl (C=O) groups is 2. The van der Waals surface area contributed by atoms with Gasteiger partial charge in [-0.15, -0.1) is 11.8 Å². The summed E-state index contributed by atoms with van der Waals surface area (Å²) in [6, 6.07) is 14.0. The molecular formula is C22H29N3O2S. The zero-order valence-corrected chi connectivity index (χ0v) is 17.9. The Morgan fingerprint density at radius 3 is 2.32 bits per heavy atom. The second-order valence-electron chi connectivity index (χ2n) is 7.14. The normalized spacial score (nSPS) is 10.8. The molecule has 0 spiro atoms. The Hall–Kier alpha value is -2.31. The van der Waals surface area contributed by atoms with Crippen LogP contribution in [0, 0.1) is 13.8 Å². The van der Waals surface area contributed by atoms with Crippen LogP contribution in [0.25, 0.3) is 0 Å². The van der Waals surface area contributed by atoms with Gasteiger partial charge in [0.05, 0.1) is 11.5 Å². The maximum Gasteiger partial charge on any atom is 0.234 e. The third kappa shape index (κ3) is 7.37. The molecule has 6 heteroatoms. The largest absolute Gasteiger partial charge is 0.351 e. The molecule has 150 valence electrons. The molecule has 2 N–H and O–H groups in total. The lowest BCUT2D eigenvalue weighted by Gasteiger charge is -2.14. The van der Waals surface area contributed by atoms with E-state index in [2.05, 4.69) is 21.6 Å². The van der Waals surface area contributed by atoms with Gasteiger partial charge in [0.2, 0.25) is 11.8 Å². The van der Waals surface area contributed by atoms with E-state index in [-0.39, 0.29) is 23.3 Å². The summed E-state index contributed by atoms with van der Waals surface area (Å²) in [4.78, 5) is 26.3. The maximum absolute atomic E-state index is 12.1. The monoisotopic (exact) mass is 399 g/mol. The van der Waals surface area contributed by atoms with Gasteiger partial charge in [-0.25, -0.2) is 0 Å². The Kier molecular flexibility index (Phi) is 8.54. The molecule has 5 nitrogen and oxygen atoms in total. The summed E-state index contributed by atoms with van der Waals surface area (Å²) >= 11 is 1.32. The van der Waals surface area contributed by atoms with Crippen molar-refractivity contribution in [3.05, 3.63) is 64.7 Å². The van der Waals surface area contributed by atoms with E-state index in [1.54, 1.807) is 0 Å². The summed E-state index contributed by atoms with van der Waals surface area (Å²) in [7, 11) is 4.05. The van der Waals surface area contributed by atoms with Crippen molar-refractivity contribution in [1.82, 2.24) is 10.2 Å². The van der Waals surface area contributed by atoms with Gasteiger partial charge in [0, 0.05) is 18.8 Å². The first-order valence-electron chi connectivity index (χ1n) is 9.28. The van der Waals surface area contributed by atoms with Crippen LogP contribution >= 0.6 is 11.8 Å². The molecule has 2 aromatic rings. The van der Waals surface area contributed by atoms with E-state index in [9.17, 15) is 9.59 Å². The van der Waals surface area contributed by atoms with Crippen LogP contribution in [0.3, 0.4) is 0 Å². The minimum absolute atomic E-state index is 0.0658. The SMILES string of the molecule is Cc1ccc(NC(=O)CSCC(=O)NCc2ccccc2CN(C)C)c(C)c1. The zero-order chi connectivity index (χ0) is 20.5. The van der Waals surface area contributed by atoms with Crippen LogP contribution in [0.4, 0.5) is 5.69 Å². The number of amides is 2. The molecule has 0 unspecified atom stereocenters. The van der Waals surface area contributed by atoms with Gasteiger partial charge in [-0.05, 0) is 50.7 Å². The molecule has 0 fully saturated rings. The van der Waals surface area contributed by atoms with Crippen LogP contribution in [0.15, 0.2) is 42.5 Å². The first-order chi connectivity index (χ1) is 13.3. The summed E-state index contributed by atoms with van der Waals surface area (Å²) in [6.45, 7) is 5.32. The topological polar surface area (TPSA) is 61.4 Å². The summed E-state index contributed by atoms with van der Waals surface area (Å²) in [6.07, 6.45) is 0. The van der Waals surface area contributed by atoms with E-state index >= 15 is 0 Å². The number of hydrogen-bond acceptors (Lipinski definition) is 4. The van der Waals surface area contributed by atoms with E-state index in [4.69, 9.17) is 0 Å². The molecule has 0 aliphatic rings. The first kappa shape index (κ1) is 22.0. The molecule has 0 aromatic heterocycles. The summed E-state index contributed by atoms with van der Waals surface area (Å²) in [5.41, 5.74) is 5.33. The number of hydrogen-bond donors (Lipinski definition) is 2. The second kappa shape index (κ2) is 10.9. The van der Waals surface area contributed by atoms with Crippen LogP contribution in [-0.4, -0.2) is 42.3 Å². The molecule has 0 saturated heterocycles. The fourth-order valence-corrected chi connectivity index (χ4v) is 3.49. The quantitative estimate of drug-likeness (QED) is 0.679. The first-order valence-corrected chi connectivity index (χ1v) is 10.4. The fraction of sp³-hybridized carbons (Fsp3) is 0.364. The number of nitrogens with one attached hydrogen (secondary N) is 2. The number of carbonyl (C=O) groups excluding carboxylic acids is 2. The smallest absolute Gasteiger partial charge is 0.234 e. The number of aryl methyl sites for hydroxylation is 2. The lowest BCUT2D eigenvalue weighted by atomic mass is 10.1. The molecule has 2 rings (SSSR count). The fourth-order valence-electron chi connectivity index (χ4n) is 2.85. The van der Waals surface area contributed by atoms with Crippen molar-refractivity contribution in [3.63, 3.8) is 0 Å². The van der Waals surface area contributed by atoms with Crippen molar-refractivity contribution in [1.29, 1.82) is 0 Å². The maximum atomic E-state index is 12.1. The van der Waals surface area contributed by atoms with E-state index in [0.717, 1.165) is 28.9 Å². The van der Waals surface area contributed by atoms with Crippen LogP contribution in [0.1, 0.15) is 22.3 Å². The van der Waals surface area contributed by atoms with Gasteiger partial charge in [0.25, 0.3) is 0 Å². The van der Waals surface area contributed by atoms with Gasteiger partial charge in [-0.3, -0.25) is 9.59 Å². The Balaban J connectivity index is 1.73. The van der Waals surface area contributed by atoms with Crippen molar-refractivity contribution in [3.8, 4) is 0 Å². The highest BCUT2D eigenvalue weighted by atomic mass is 32.2. The standard InChI is InChI=1S/C22H29N3O2S/c1-16-9-10-20(17(2)11-16)24-22(27)15-28-14-21(26)23-12-18-7-5-6-8-19(18)13-25(3)4/h5-11H,12-15H2,1-4H3,(H,23,26)(H,24,27). The Bertz CT molecular complexity index is 821. The molecule has 2 amide bonds. The number of benzene rings is 2. The number of rotatable bonds is 9. The van der Waals surface area contributed by atoms with Gasteiger partial charge in [-0.2, -0.15) is 0 Å². The predicted octanol–water partition coefficient (Wildman–Crippen LogP) is 3.35. The molecule has 0 aliphatic heterocycles. The lowest BCUT2D eigenvalue weighted by Crippen LogP contribution is -2.26. The van der Waals surface area contributed by atoms with Crippen molar-refractivity contribution in [2.45, 2.75) is 26.9 Å². The van der Waals surface area contributed by atoms with Crippen LogP contribution in [-0.2, 0) is 22.7 Å². The third-order valence-corrected chi connectivity index (χ3v) is 5.14. The minimum Gasteiger partial charge on any atom is -0.351 e. The molecule has 0 atom stereocenters. The number of thioether (sulfide) groups is 1. The van der Waals surface area contributed by atoms with Crippen LogP contribution in [0.2, 0.25) is 0 Å². The highest BCUT2D eigenvalue weighted by Crippen LogP contribution is 2.16. The Morgan fingerprint density at radius 1 is 0.964 bits per heavy atom. The van der Waals surface area contributed by atoms with Crippen molar-refractivity contribution in [2.24, 2.45) is 0 Å². The lowest BCUT2D eigenvalue weighted by molar-refractivity contribution is -0.118. The van der Waals surface area contributed by atoms with Gasteiger partial charge in [0.15, 0.2) is 0 Å². The van der Waals surface area contributed by atoms with Gasteiger partial charge in [0.1, 0.15) is 0 Å². The Labute approximate surface area is 171 Å². The molecule has 0 saturated carbocycles. The summed E-state index contributed by atoms with van der Waals surface area (Å²) in [5, 5.41) is 5.84. The van der Waals surface area contributed by atoms with Crippen LogP contribution < -0.4 is 10.6 Å². The van der Waals surface area contributed by atoms with E-state index in [0.29, 0.717) is 6.54 Å². The second-order valence-corrected chi connectivity index (χ2v) is 8.13. The molecular weight excluding hydrogens is 370 g/mol. The predicted molar refractivity (Wildman–Crippen MR) is 118 cm³/mol. The number of anilines is 1. The third-order valence-electron chi connectivity index (χ3n) is 4.20. The van der Waals surface area contributed by atoms with Crippen molar-refractivity contribution >= 4 is 29.3 Å².